The molecule has 1 aromatic heterocycles. The fourth-order valence-electron chi connectivity index (χ4n) is 1.41. The van der Waals surface area contributed by atoms with Crippen LogP contribution >= 0.6 is 0 Å². The summed E-state index contributed by atoms with van der Waals surface area (Å²) in [5.41, 5.74) is 1.66. The second kappa shape index (κ2) is 5.34. The van der Waals surface area contributed by atoms with Gasteiger partial charge in [0.05, 0.1) is 17.6 Å². The highest BCUT2D eigenvalue weighted by molar-refractivity contribution is 5.80. The van der Waals surface area contributed by atoms with Crippen LogP contribution in [0.5, 0.6) is 0 Å². The van der Waals surface area contributed by atoms with Crippen LogP contribution in [0.15, 0.2) is 18.5 Å². The second-order valence-corrected chi connectivity index (χ2v) is 3.73. The van der Waals surface area contributed by atoms with Crippen LogP contribution in [0.4, 0.5) is 11.4 Å². The smallest absolute Gasteiger partial charge is 0.326 e. The van der Waals surface area contributed by atoms with Crippen LogP contribution in [-0.4, -0.2) is 36.2 Å². The molecule has 0 bridgehead atoms. The summed E-state index contributed by atoms with van der Waals surface area (Å²) in [6, 6.07) is 1.26. The maximum atomic E-state index is 10.9. The highest BCUT2D eigenvalue weighted by Gasteiger charge is 2.16. The maximum Gasteiger partial charge on any atom is 0.326 e. The van der Waals surface area contributed by atoms with Crippen molar-refractivity contribution in [1.82, 2.24) is 4.98 Å². The van der Waals surface area contributed by atoms with Crippen molar-refractivity contribution in [2.45, 2.75) is 19.4 Å². The quantitative estimate of drug-likeness (QED) is 0.790. The third-order valence-corrected chi connectivity index (χ3v) is 2.32. The first-order chi connectivity index (χ1) is 7.56. The van der Waals surface area contributed by atoms with E-state index in [2.05, 4.69) is 10.3 Å². The van der Waals surface area contributed by atoms with Crippen molar-refractivity contribution in [3.63, 3.8) is 0 Å². The summed E-state index contributed by atoms with van der Waals surface area (Å²) >= 11 is 0. The number of nitrogens with one attached hydrogen (secondary N) is 1. The molecule has 0 saturated carbocycles. The molecular weight excluding hydrogens is 206 g/mol. The predicted molar refractivity (Wildman–Crippen MR) is 63.9 cm³/mol. The van der Waals surface area contributed by atoms with Crippen LogP contribution in [0.3, 0.4) is 0 Å². The van der Waals surface area contributed by atoms with Gasteiger partial charge in [-0.3, -0.25) is 4.98 Å². The monoisotopic (exact) mass is 223 g/mol. The van der Waals surface area contributed by atoms with Crippen molar-refractivity contribution in [3.8, 4) is 0 Å². The molecule has 1 heterocycles. The number of carboxylic acids is 1. The molecule has 0 saturated heterocycles. The Balaban J connectivity index is 2.91. The lowest BCUT2D eigenvalue weighted by Gasteiger charge is -2.20. The zero-order valence-corrected chi connectivity index (χ0v) is 9.77. The molecule has 0 aliphatic carbocycles. The van der Waals surface area contributed by atoms with E-state index in [4.69, 9.17) is 5.11 Å². The number of carbonyl (C=O) groups is 1. The van der Waals surface area contributed by atoms with Crippen LogP contribution in [0.25, 0.3) is 0 Å². The Kier molecular flexibility index (Phi) is 4.10. The fourth-order valence-corrected chi connectivity index (χ4v) is 1.41. The van der Waals surface area contributed by atoms with E-state index in [9.17, 15) is 4.79 Å². The van der Waals surface area contributed by atoms with Gasteiger partial charge in [-0.05, 0) is 12.5 Å². The Morgan fingerprint density at radius 2 is 2.31 bits per heavy atom. The predicted octanol–water partition coefficient (Wildman–Crippen LogP) is 1.42. The molecule has 0 radical (unpaired) electrons. The van der Waals surface area contributed by atoms with Gasteiger partial charge in [-0.25, -0.2) is 4.79 Å². The van der Waals surface area contributed by atoms with Gasteiger partial charge < -0.3 is 15.3 Å². The van der Waals surface area contributed by atoms with Crippen LogP contribution in [0.2, 0.25) is 0 Å². The average molecular weight is 223 g/mol. The van der Waals surface area contributed by atoms with E-state index in [1.165, 1.54) is 0 Å². The highest BCUT2D eigenvalue weighted by Crippen LogP contribution is 2.23. The minimum Gasteiger partial charge on any atom is -0.480 e. The van der Waals surface area contributed by atoms with Gasteiger partial charge in [0.2, 0.25) is 0 Å². The molecule has 88 valence electrons. The molecule has 1 rings (SSSR count). The van der Waals surface area contributed by atoms with E-state index in [0.717, 1.165) is 11.4 Å². The summed E-state index contributed by atoms with van der Waals surface area (Å²) in [7, 11) is 3.81. The Hall–Kier alpha value is -1.78. The van der Waals surface area contributed by atoms with Gasteiger partial charge in [0.15, 0.2) is 0 Å². The fraction of sp³-hybridized carbons (Fsp3) is 0.455. The SMILES string of the molecule is CCC(Nc1cnccc1N(C)C)C(=O)O. The molecule has 5 nitrogen and oxygen atoms in total. The number of nitrogens with zero attached hydrogens (tertiary/aromatic N) is 2. The van der Waals surface area contributed by atoms with E-state index in [1.54, 1.807) is 12.4 Å². The molecule has 0 amide bonds. The summed E-state index contributed by atoms with van der Waals surface area (Å²) in [6.45, 7) is 1.83. The Morgan fingerprint density at radius 1 is 1.62 bits per heavy atom. The van der Waals surface area contributed by atoms with Crippen molar-refractivity contribution in [1.29, 1.82) is 0 Å². The normalized spacial score (nSPS) is 11.9. The van der Waals surface area contributed by atoms with E-state index in [0.29, 0.717) is 6.42 Å². The summed E-state index contributed by atoms with van der Waals surface area (Å²) in [5, 5.41) is 11.9. The van der Waals surface area contributed by atoms with Gasteiger partial charge in [0.25, 0.3) is 0 Å². The van der Waals surface area contributed by atoms with Crippen molar-refractivity contribution in [2.75, 3.05) is 24.3 Å². The van der Waals surface area contributed by atoms with E-state index in [-0.39, 0.29) is 0 Å². The number of carboxylic acid groups (broad SMARTS) is 1. The molecule has 1 atom stereocenters. The molecule has 5 heteroatoms. The van der Waals surface area contributed by atoms with E-state index in [1.807, 2.05) is 32.0 Å². The lowest BCUT2D eigenvalue weighted by atomic mass is 10.2. The zero-order chi connectivity index (χ0) is 12.1. The van der Waals surface area contributed by atoms with Crippen molar-refractivity contribution in [2.24, 2.45) is 0 Å². The number of aliphatic carboxylic acids is 1. The average Bonchev–Trinajstić information content (AvgIpc) is 2.25. The Bertz CT molecular complexity index is 366. The van der Waals surface area contributed by atoms with Gasteiger partial charge in [-0.1, -0.05) is 6.92 Å². The van der Waals surface area contributed by atoms with Crippen LogP contribution < -0.4 is 10.2 Å². The minimum atomic E-state index is -0.851. The number of anilines is 2. The third-order valence-electron chi connectivity index (χ3n) is 2.32. The molecule has 1 aromatic rings. The van der Waals surface area contributed by atoms with Crippen molar-refractivity contribution in [3.05, 3.63) is 18.5 Å². The number of hydrogen-bond donors (Lipinski definition) is 2. The van der Waals surface area contributed by atoms with Gasteiger partial charge >= 0.3 is 5.97 Å². The number of pyridine rings is 1. The molecule has 0 aromatic carbocycles. The van der Waals surface area contributed by atoms with Crippen LogP contribution in [0, 0.1) is 0 Å². The lowest BCUT2D eigenvalue weighted by Crippen LogP contribution is -2.29. The lowest BCUT2D eigenvalue weighted by molar-refractivity contribution is -0.137. The first-order valence-electron chi connectivity index (χ1n) is 5.17. The molecule has 0 spiro atoms. The maximum absolute atomic E-state index is 10.9. The van der Waals surface area contributed by atoms with Crippen LogP contribution in [-0.2, 0) is 4.79 Å². The molecule has 1 unspecified atom stereocenters. The molecule has 0 fully saturated rings. The molecule has 2 N–H and O–H groups in total. The minimum absolute atomic E-state index is 0.525. The van der Waals surface area contributed by atoms with E-state index < -0.39 is 12.0 Å². The van der Waals surface area contributed by atoms with Gasteiger partial charge in [0.1, 0.15) is 6.04 Å². The molecular formula is C11H17N3O2. The zero-order valence-electron chi connectivity index (χ0n) is 9.77. The van der Waals surface area contributed by atoms with Crippen LogP contribution in [0.1, 0.15) is 13.3 Å². The first kappa shape index (κ1) is 12.3. The van der Waals surface area contributed by atoms with E-state index >= 15 is 0 Å². The topological polar surface area (TPSA) is 65.5 Å². The first-order valence-corrected chi connectivity index (χ1v) is 5.17. The van der Waals surface area contributed by atoms with Crippen molar-refractivity contribution >= 4 is 17.3 Å². The second-order valence-electron chi connectivity index (χ2n) is 3.73. The Labute approximate surface area is 95.1 Å². The third kappa shape index (κ3) is 2.85. The summed E-state index contributed by atoms with van der Waals surface area (Å²) in [6.07, 6.45) is 3.85. The molecule has 0 aliphatic heterocycles. The largest absolute Gasteiger partial charge is 0.480 e. The number of rotatable bonds is 5. The van der Waals surface area contributed by atoms with Crippen molar-refractivity contribution < 1.29 is 9.90 Å². The van der Waals surface area contributed by atoms with Gasteiger partial charge in [-0.2, -0.15) is 0 Å². The van der Waals surface area contributed by atoms with Gasteiger partial charge in [0, 0.05) is 20.3 Å². The Morgan fingerprint density at radius 3 is 2.81 bits per heavy atom. The number of hydrogen-bond acceptors (Lipinski definition) is 4. The molecule has 0 aliphatic rings. The summed E-state index contributed by atoms with van der Waals surface area (Å²) < 4.78 is 0. The van der Waals surface area contributed by atoms with Gasteiger partial charge in [-0.15, -0.1) is 0 Å². The standard InChI is InChI=1S/C11H17N3O2/c1-4-8(11(15)16)13-9-7-12-6-5-10(9)14(2)3/h5-8,13H,4H2,1-3H3,(H,15,16). The number of aromatic nitrogens is 1. The summed E-state index contributed by atoms with van der Waals surface area (Å²) in [4.78, 5) is 16.8. The highest BCUT2D eigenvalue weighted by atomic mass is 16.4. The molecule has 16 heavy (non-hydrogen) atoms. The summed E-state index contributed by atoms with van der Waals surface area (Å²) in [5.74, 6) is -0.851.